The van der Waals surface area contributed by atoms with Gasteiger partial charge in [-0.3, -0.25) is 0 Å². The third-order valence-electron chi connectivity index (χ3n) is 19.7. The Morgan fingerprint density at radius 2 is 0.614 bits per heavy atom. The zero-order valence-corrected chi connectivity index (χ0v) is 62.9. The third kappa shape index (κ3) is 16.9. The van der Waals surface area contributed by atoms with Crippen molar-refractivity contribution in [1.29, 1.82) is 0 Å². The van der Waals surface area contributed by atoms with Gasteiger partial charge in [0, 0.05) is 10.3 Å². The summed E-state index contributed by atoms with van der Waals surface area (Å²) in [7, 11) is -13.2. The van der Waals surface area contributed by atoms with E-state index >= 15 is 0 Å². The summed E-state index contributed by atoms with van der Waals surface area (Å²) in [4.78, 5) is 0. The second-order valence-corrected chi connectivity index (χ2v) is 59.1. The van der Waals surface area contributed by atoms with Crippen LogP contribution in [0.1, 0.15) is 79.0 Å². The molecule has 5 aromatic carbocycles. The quantitative estimate of drug-likeness (QED) is 0.0431. The Bertz CT molecular complexity index is 2790. The van der Waals surface area contributed by atoms with Crippen molar-refractivity contribution in [1.82, 2.24) is 0 Å². The zero-order chi connectivity index (χ0) is 63.8. The molecular formula is C73H112O3Si7. The van der Waals surface area contributed by atoms with Gasteiger partial charge in [0.15, 0.2) is 0 Å². The van der Waals surface area contributed by atoms with Crippen molar-refractivity contribution in [3.8, 4) is 0 Å². The fourth-order valence-corrected chi connectivity index (χ4v) is 22.8. The maximum absolute atomic E-state index is 7.21. The molecule has 1 unspecified atom stereocenters. The average molecular weight is 1230 g/mol. The third-order valence-corrected chi connectivity index (χ3v) is 45.5. The van der Waals surface area contributed by atoms with E-state index in [-0.39, 0.29) is 25.9 Å². The van der Waals surface area contributed by atoms with Gasteiger partial charge in [-0.05, 0) is 84.1 Å². The summed E-state index contributed by atoms with van der Waals surface area (Å²) in [6.07, 6.45) is 2.04. The highest BCUT2D eigenvalue weighted by atomic mass is 28.4. The minimum absolute atomic E-state index is 0.00359. The normalized spacial score (nSPS) is 13.7. The lowest BCUT2D eigenvalue weighted by atomic mass is 9.77. The largest absolute Gasteiger partial charge is 0.404 e. The van der Waals surface area contributed by atoms with Gasteiger partial charge in [0.1, 0.15) is 13.7 Å². The molecule has 450 valence electrons. The predicted molar refractivity (Wildman–Crippen MR) is 391 cm³/mol. The molecule has 0 aliphatic rings. The zero-order valence-electron chi connectivity index (χ0n) is 55.9. The van der Waals surface area contributed by atoms with Crippen molar-refractivity contribution in [3.05, 3.63) is 267 Å². The molecule has 0 aliphatic heterocycles. The van der Waals surface area contributed by atoms with Crippen molar-refractivity contribution < 1.29 is 13.3 Å². The Morgan fingerprint density at radius 3 is 0.904 bits per heavy atom. The monoisotopic (exact) mass is 1230 g/mol. The number of hydrogen-bond acceptors (Lipinski definition) is 3. The second-order valence-electron chi connectivity index (χ2n) is 27.8. The molecular weight excluding hydrogens is 1120 g/mol. The number of benzene rings is 5. The van der Waals surface area contributed by atoms with E-state index in [0.29, 0.717) is 0 Å². The van der Waals surface area contributed by atoms with E-state index in [1.807, 2.05) is 29.6 Å². The summed E-state index contributed by atoms with van der Waals surface area (Å²) in [5.74, 6) is 0. The Labute approximate surface area is 516 Å². The van der Waals surface area contributed by atoms with Gasteiger partial charge in [-0.15, -0.1) is 69.7 Å². The Hall–Kier alpha value is -4.58. The lowest BCUT2D eigenvalue weighted by Crippen LogP contribution is -2.67. The second kappa shape index (κ2) is 29.2. The molecule has 10 heteroatoms. The Kier molecular flexibility index (Phi) is 26.2. The minimum atomic E-state index is -2.53. The first kappa shape index (κ1) is 74.5. The average Bonchev–Trinajstić information content (AvgIpc) is 3.01. The van der Waals surface area contributed by atoms with Gasteiger partial charge >= 0.3 is 0 Å². The molecule has 83 heavy (non-hydrogen) atoms. The molecule has 5 rings (SSSR count). The molecule has 0 aromatic heterocycles. The molecule has 0 heterocycles. The van der Waals surface area contributed by atoms with Crippen LogP contribution in [-0.2, 0) is 24.5 Å². The highest BCUT2D eigenvalue weighted by Crippen LogP contribution is 2.60. The van der Waals surface area contributed by atoms with E-state index in [9.17, 15) is 0 Å². The van der Waals surface area contributed by atoms with E-state index in [1.54, 1.807) is 0 Å². The molecule has 0 aliphatic carbocycles. The minimum Gasteiger partial charge on any atom is -0.404 e. The molecule has 0 spiro atoms. The van der Waals surface area contributed by atoms with Crippen LogP contribution in [0, 0.1) is 0 Å². The standard InChI is InChI=1S/C24H34OSi2.C21H28OSi2.C19H32OSi2.C9H18Si/c1-9-26(5,6)23(3,4)24(25-27(7,8)10-2,21-17-13-11-14-18-21)22-19-15-12-16-20-22;1-7-23(5,6)21(3,4)22-24(8-2,19-15-11-9-12-16-19)20-17-13-10-14-18-20;1-10-21(6,7)18(3,4)19(5,20-22(8,9)11-2)17-15-13-12-14-16-17;1-7-9(3,4)10(5,6)8-2/h9-20H,1-2H2,3-8H3;7-18H,1-2H2,3-6H3;10-16H,1-2H2,3-9H3;7-8H,1-2H2,3-6H3. The maximum atomic E-state index is 7.21. The first-order valence-corrected chi connectivity index (χ1v) is 49.9. The molecule has 1 atom stereocenters. The van der Waals surface area contributed by atoms with Gasteiger partial charge in [0.2, 0.25) is 16.6 Å². The lowest BCUT2D eigenvalue weighted by Gasteiger charge is -2.56. The molecule has 0 amide bonds. The lowest BCUT2D eigenvalue weighted by molar-refractivity contribution is 0.0357. The van der Waals surface area contributed by atoms with E-state index in [0.717, 1.165) is 0 Å². The Morgan fingerprint density at radius 1 is 0.313 bits per heavy atom. The Balaban J connectivity index is 0.000000394. The van der Waals surface area contributed by atoms with Gasteiger partial charge in [0.05, 0.1) is 29.8 Å². The summed E-state index contributed by atoms with van der Waals surface area (Å²) in [6.45, 7) is 80.5. The van der Waals surface area contributed by atoms with Crippen LogP contribution in [0.4, 0.5) is 0 Å². The molecule has 3 nitrogen and oxygen atoms in total. The summed E-state index contributed by atoms with van der Waals surface area (Å²) in [5.41, 5.74) is 17.4. The molecule has 5 aromatic rings. The topological polar surface area (TPSA) is 27.7 Å². The highest BCUT2D eigenvalue weighted by molar-refractivity contribution is 7.02. The van der Waals surface area contributed by atoms with Crippen LogP contribution >= 0.6 is 0 Å². The first-order valence-electron chi connectivity index (χ1n) is 29.6. The highest BCUT2D eigenvalue weighted by Gasteiger charge is 2.58. The number of hydrogen-bond donors (Lipinski definition) is 0. The van der Waals surface area contributed by atoms with Crippen molar-refractivity contribution in [3.63, 3.8) is 0 Å². The van der Waals surface area contributed by atoms with Crippen LogP contribution in [0.3, 0.4) is 0 Å². The van der Waals surface area contributed by atoms with E-state index < -0.39 is 62.8 Å². The molecule has 0 saturated heterocycles. The van der Waals surface area contributed by atoms with E-state index in [1.165, 1.54) is 27.1 Å². The van der Waals surface area contributed by atoms with Gasteiger partial charge in [0.25, 0.3) is 8.32 Å². The molecule has 0 fully saturated rings. The van der Waals surface area contributed by atoms with Crippen molar-refractivity contribution >= 4 is 67.6 Å². The van der Waals surface area contributed by atoms with Crippen molar-refractivity contribution in [2.24, 2.45) is 0 Å². The van der Waals surface area contributed by atoms with Crippen LogP contribution in [-0.4, -0.2) is 62.5 Å². The smallest absolute Gasteiger partial charge is 0.280 e. The van der Waals surface area contributed by atoms with Gasteiger partial charge in [-0.25, -0.2) is 0 Å². The summed E-state index contributed by atoms with van der Waals surface area (Å²) >= 11 is 0. The molecule has 0 N–H and O–H groups in total. The number of allylic oxidation sites excluding steroid dienone is 1. The maximum Gasteiger partial charge on any atom is 0.280 e. The molecule has 0 radical (unpaired) electrons. The van der Waals surface area contributed by atoms with Gasteiger partial charge in [-0.2, -0.15) is 0 Å². The molecule has 0 bridgehead atoms. The van der Waals surface area contributed by atoms with E-state index in [2.05, 4.69) is 362 Å². The first-order chi connectivity index (χ1) is 38.1. The number of rotatable bonds is 25. The predicted octanol–water partition coefficient (Wildman–Crippen LogP) is 20.8. The summed E-state index contributed by atoms with van der Waals surface area (Å²) < 4.78 is 21.0. The van der Waals surface area contributed by atoms with Crippen molar-refractivity contribution in [2.75, 3.05) is 0 Å². The molecule has 0 saturated carbocycles. The van der Waals surface area contributed by atoms with E-state index in [4.69, 9.17) is 13.3 Å². The van der Waals surface area contributed by atoms with Crippen LogP contribution in [0.2, 0.25) is 93.7 Å². The summed E-state index contributed by atoms with van der Waals surface area (Å²) in [6, 6.07) is 53.1. The van der Waals surface area contributed by atoms with Crippen molar-refractivity contribution in [2.45, 2.75) is 172 Å². The van der Waals surface area contributed by atoms with Crippen LogP contribution in [0.15, 0.2) is 250 Å². The van der Waals surface area contributed by atoms with Crippen LogP contribution < -0.4 is 10.4 Å². The van der Waals surface area contributed by atoms with Crippen LogP contribution in [0.5, 0.6) is 0 Å². The fraction of sp³-hybridized carbons (Fsp3) is 0.370. The van der Waals surface area contributed by atoms with Gasteiger partial charge < -0.3 is 13.3 Å². The summed E-state index contributed by atoms with van der Waals surface area (Å²) in [5, 5.41) is 2.34. The SMILES string of the molecule is C=CC(C)(C)[Si](C)(C)C=C.C=C[Si](C)(C)OC(C)(c1ccccc1)C(C)(C)[Si](C)(C)C=C.C=C[Si](C)(C)OC(c1ccccc1)(c1ccccc1)C(C)(C)[Si](C)(C)C=C.C=C[Si](OC(C)(C)[Si](C)(C)C=C)(c1ccccc1)c1ccccc1. The van der Waals surface area contributed by atoms with Crippen LogP contribution in [0.25, 0.3) is 0 Å². The van der Waals surface area contributed by atoms with Gasteiger partial charge in [-0.1, -0.05) is 274 Å². The fourth-order valence-electron chi connectivity index (χ4n) is 9.61.